The smallest absolute Gasteiger partial charge is 0.248 e. The second kappa shape index (κ2) is 14.5. The Balaban J connectivity index is 0.00000405. The Kier molecular flexibility index (Phi) is 11.1. The van der Waals surface area contributed by atoms with Crippen molar-refractivity contribution in [2.45, 2.75) is 88.9 Å². The molecule has 10 heteroatoms. The first kappa shape index (κ1) is 32.0. The average Bonchev–Trinajstić information content (AvgIpc) is 3.01. The average molecular weight is 601 g/mol. The maximum Gasteiger partial charge on any atom is 0.248 e. The lowest BCUT2D eigenvalue weighted by Gasteiger charge is -2.52. The van der Waals surface area contributed by atoms with Crippen LogP contribution in [-0.4, -0.2) is 76.1 Å². The number of hydrogen-bond donors (Lipinski definition) is 2. The standard InChI is InChI=1S/C32H44N4O5.ClH/c1-3-4-18-36-30(38)28(29(37)24-8-6-5-7-9-24)34-31(39)32(36)16-19-35(20-17-32)22-23-10-15-27(33-21-23)41-26-13-11-25(40-2)12-14-26;/h10-15,21,24,28-29,37H,3-9,16-20,22H2,1-2H3,(H,34,39);1H/t28-,29-;/m1./s1. The van der Waals surface area contributed by atoms with Gasteiger partial charge in [0.1, 0.15) is 23.1 Å². The predicted molar refractivity (Wildman–Crippen MR) is 163 cm³/mol. The number of hydrogen-bond acceptors (Lipinski definition) is 7. The van der Waals surface area contributed by atoms with Crippen LogP contribution in [0, 0.1) is 5.92 Å². The molecule has 1 aromatic carbocycles. The van der Waals surface area contributed by atoms with E-state index in [4.69, 9.17) is 9.47 Å². The summed E-state index contributed by atoms with van der Waals surface area (Å²) in [6.07, 6.45) is 9.09. The molecule has 2 amide bonds. The molecule has 1 saturated carbocycles. The van der Waals surface area contributed by atoms with E-state index in [1.807, 2.05) is 47.5 Å². The molecule has 2 N–H and O–H groups in total. The molecule has 0 radical (unpaired) electrons. The van der Waals surface area contributed by atoms with Gasteiger partial charge in [0.15, 0.2) is 0 Å². The van der Waals surface area contributed by atoms with Crippen molar-refractivity contribution in [1.29, 1.82) is 0 Å². The number of aliphatic hydroxyl groups excluding tert-OH is 1. The van der Waals surface area contributed by atoms with Crippen molar-refractivity contribution in [3.05, 3.63) is 48.2 Å². The van der Waals surface area contributed by atoms with E-state index in [-0.39, 0.29) is 30.1 Å². The molecule has 2 aromatic rings. The van der Waals surface area contributed by atoms with Crippen molar-refractivity contribution in [3.8, 4) is 17.4 Å². The third-order valence-electron chi connectivity index (χ3n) is 9.14. The number of halogens is 1. The molecule has 0 unspecified atom stereocenters. The molecule has 3 heterocycles. The van der Waals surface area contributed by atoms with E-state index >= 15 is 0 Å². The molecule has 2 aliphatic heterocycles. The first-order valence-electron chi connectivity index (χ1n) is 15.2. The van der Waals surface area contributed by atoms with Gasteiger partial charge in [-0.05, 0) is 67.9 Å². The van der Waals surface area contributed by atoms with Gasteiger partial charge in [-0.15, -0.1) is 12.4 Å². The Hall–Kier alpha value is -2.88. The van der Waals surface area contributed by atoms with Crippen LogP contribution in [-0.2, 0) is 16.1 Å². The van der Waals surface area contributed by atoms with Crippen LogP contribution >= 0.6 is 12.4 Å². The van der Waals surface area contributed by atoms with Crippen molar-refractivity contribution in [1.82, 2.24) is 20.1 Å². The van der Waals surface area contributed by atoms with E-state index < -0.39 is 17.7 Å². The van der Waals surface area contributed by atoms with Crippen molar-refractivity contribution in [3.63, 3.8) is 0 Å². The SMILES string of the molecule is CCCCN1C(=O)[C@@H]([C@H](O)C2CCCCC2)NC(=O)C12CCN(Cc1ccc(Oc3ccc(OC)cc3)nc1)CC2.Cl. The monoisotopic (exact) mass is 600 g/mol. The zero-order valence-corrected chi connectivity index (χ0v) is 25.6. The lowest BCUT2D eigenvalue weighted by Crippen LogP contribution is -2.75. The normalized spacial score (nSPS) is 21.9. The van der Waals surface area contributed by atoms with Gasteiger partial charge in [0, 0.05) is 38.4 Å². The highest BCUT2D eigenvalue weighted by atomic mass is 35.5. The third kappa shape index (κ3) is 7.01. The van der Waals surface area contributed by atoms with Crippen molar-refractivity contribution < 1.29 is 24.2 Å². The van der Waals surface area contributed by atoms with Crippen LogP contribution in [0.1, 0.15) is 70.3 Å². The van der Waals surface area contributed by atoms with E-state index in [2.05, 4.69) is 22.1 Å². The van der Waals surface area contributed by atoms with Gasteiger partial charge in [-0.1, -0.05) is 38.7 Å². The summed E-state index contributed by atoms with van der Waals surface area (Å²) in [5, 5.41) is 14.2. The second-order valence-corrected chi connectivity index (χ2v) is 11.8. The molecule has 1 spiro atoms. The van der Waals surface area contributed by atoms with Gasteiger partial charge in [-0.2, -0.15) is 0 Å². The number of piperazine rings is 1. The maximum absolute atomic E-state index is 13.8. The number of likely N-dealkylation sites (tertiary alicyclic amines) is 1. The first-order chi connectivity index (χ1) is 19.9. The zero-order chi connectivity index (χ0) is 28.8. The lowest BCUT2D eigenvalue weighted by molar-refractivity contribution is -0.166. The molecule has 1 aliphatic carbocycles. The molecule has 0 bridgehead atoms. The highest BCUT2D eigenvalue weighted by Crippen LogP contribution is 2.36. The van der Waals surface area contributed by atoms with Crippen LogP contribution in [0.3, 0.4) is 0 Å². The Morgan fingerprint density at radius 1 is 1.05 bits per heavy atom. The van der Waals surface area contributed by atoms with Crippen molar-refractivity contribution in [2.24, 2.45) is 5.92 Å². The highest BCUT2D eigenvalue weighted by molar-refractivity contribution is 6.00. The zero-order valence-electron chi connectivity index (χ0n) is 24.8. The van der Waals surface area contributed by atoms with Gasteiger partial charge in [-0.25, -0.2) is 4.98 Å². The molecule has 2 atom stereocenters. The Labute approximate surface area is 255 Å². The molecule has 5 rings (SSSR count). The molecule has 9 nitrogen and oxygen atoms in total. The predicted octanol–water partition coefficient (Wildman–Crippen LogP) is 4.71. The van der Waals surface area contributed by atoms with Crippen LogP contribution in [0.25, 0.3) is 0 Å². The maximum atomic E-state index is 13.8. The number of aliphatic hydroxyl groups is 1. The largest absolute Gasteiger partial charge is 0.497 e. The van der Waals surface area contributed by atoms with Gasteiger partial charge in [0.25, 0.3) is 0 Å². The van der Waals surface area contributed by atoms with Gasteiger partial charge in [0.2, 0.25) is 17.7 Å². The minimum atomic E-state index is -0.847. The number of carbonyl (C=O) groups is 2. The number of benzene rings is 1. The summed E-state index contributed by atoms with van der Waals surface area (Å²) < 4.78 is 11.0. The number of nitrogens with zero attached hydrogens (tertiary/aromatic N) is 3. The van der Waals surface area contributed by atoms with Crippen LogP contribution in [0.15, 0.2) is 42.6 Å². The molecule has 3 aliphatic rings. The molecule has 230 valence electrons. The summed E-state index contributed by atoms with van der Waals surface area (Å²) in [6, 6.07) is 10.4. The van der Waals surface area contributed by atoms with Gasteiger partial charge in [-0.3, -0.25) is 14.5 Å². The first-order valence-corrected chi connectivity index (χ1v) is 15.2. The number of methoxy groups -OCH3 is 1. The molecular weight excluding hydrogens is 556 g/mol. The number of ether oxygens (including phenoxy) is 2. The molecule has 1 aromatic heterocycles. The van der Waals surface area contributed by atoms with Crippen molar-refractivity contribution >= 4 is 24.2 Å². The number of nitrogens with one attached hydrogen (secondary N) is 1. The molecular formula is C32H45ClN4O5. The van der Waals surface area contributed by atoms with E-state index in [0.717, 1.165) is 49.8 Å². The fraction of sp³-hybridized carbons (Fsp3) is 0.594. The third-order valence-corrected chi connectivity index (χ3v) is 9.14. The summed E-state index contributed by atoms with van der Waals surface area (Å²) >= 11 is 0. The Bertz CT molecular complexity index is 1160. The van der Waals surface area contributed by atoms with Crippen molar-refractivity contribution in [2.75, 3.05) is 26.7 Å². The number of aromatic nitrogens is 1. The van der Waals surface area contributed by atoms with E-state index in [0.29, 0.717) is 50.7 Å². The van der Waals surface area contributed by atoms with Crippen LogP contribution in [0.5, 0.6) is 17.4 Å². The number of piperidine rings is 1. The molecule has 42 heavy (non-hydrogen) atoms. The fourth-order valence-electron chi connectivity index (χ4n) is 6.62. The van der Waals surface area contributed by atoms with Crippen LogP contribution in [0.4, 0.5) is 0 Å². The van der Waals surface area contributed by atoms with Crippen LogP contribution in [0.2, 0.25) is 0 Å². The summed E-state index contributed by atoms with van der Waals surface area (Å²) in [5.41, 5.74) is 0.213. The number of pyridine rings is 1. The number of rotatable bonds is 10. The fourth-order valence-corrected chi connectivity index (χ4v) is 6.62. The van der Waals surface area contributed by atoms with E-state index in [1.165, 1.54) is 6.42 Å². The second-order valence-electron chi connectivity index (χ2n) is 11.8. The van der Waals surface area contributed by atoms with E-state index in [9.17, 15) is 14.7 Å². The topological polar surface area (TPSA) is 104 Å². The lowest BCUT2D eigenvalue weighted by atomic mass is 9.78. The molecule has 2 saturated heterocycles. The number of amides is 2. The number of unbranched alkanes of at least 4 members (excludes halogenated alkanes) is 1. The summed E-state index contributed by atoms with van der Waals surface area (Å²) in [5.74, 6) is 1.84. The number of carbonyl (C=O) groups excluding carboxylic acids is 2. The van der Waals surface area contributed by atoms with Crippen LogP contribution < -0.4 is 14.8 Å². The highest BCUT2D eigenvalue weighted by Gasteiger charge is 2.55. The van der Waals surface area contributed by atoms with E-state index in [1.54, 1.807) is 7.11 Å². The summed E-state index contributed by atoms with van der Waals surface area (Å²) in [6.45, 7) is 4.75. The minimum absolute atomic E-state index is 0. The Morgan fingerprint density at radius 3 is 2.36 bits per heavy atom. The summed E-state index contributed by atoms with van der Waals surface area (Å²) in [7, 11) is 1.63. The quantitative estimate of drug-likeness (QED) is 0.407. The molecule has 3 fully saturated rings. The van der Waals surface area contributed by atoms with Gasteiger partial charge >= 0.3 is 0 Å². The minimum Gasteiger partial charge on any atom is -0.497 e. The van der Waals surface area contributed by atoms with Gasteiger partial charge < -0.3 is 24.8 Å². The Morgan fingerprint density at radius 2 is 1.74 bits per heavy atom. The van der Waals surface area contributed by atoms with Gasteiger partial charge in [0.05, 0.1) is 13.2 Å². The summed E-state index contributed by atoms with van der Waals surface area (Å²) in [4.78, 5) is 36.1.